The molecule has 3 aliphatic rings. The Balaban J connectivity index is 1.32. The molecule has 5 rings (SSSR count). The second-order valence-corrected chi connectivity index (χ2v) is 8.50. The van der Waals surface area contributed by atoms with Gasteiger partial charge in [-0.05, 0) is 55.2 Å². The zero-order valence-electron chi connectivity index (χ0n) is 14.0. The molecule has 6 heteroatoms. The predicted molar refractivity (Wildman–Crippen MR) is 95.1 cm³/mol. The molecule has 3 N–H and O–H groups in total. The third-order valence-electron chi connectivity index (χ3n) is 6.54. The predicted octanol–water partition coefficient (Wildman–Crippen LogP) is 3.12. The molecule has 132 valence electrons. The zero-order chi connectivity index (χ0) is 17.2. The van der Waals surface area contributed by atoms with Crippen molar-refractivity contribution < 1.29 is 9.90 Å². The first-order chi connectivity index (χ1) is 12.0. The maximum absolute atomic E-state index is 12.3. The molecule has 5 nitrogen and oxygen atoms in total. The average molecular weight is 360 g/mol. The summed E-state index contributed by atoms with van der Waals surface area (Å²) in [5.74, 6) is 1.17. The topological polar surface area (TPSA) is 78.0 Å². The fraction of sp³-hybridized carbons (Fsp3) is 0.579. The number of benzene rings is 1. The second-order valence-electron chi connectivity index (χ2n) is 8.07. The lowest BCUT2D eigenvalue weighted by atomic mass is 9.86. The number of amides is 1. The molecule has 3 aliphatic carbocycles. The summed E-state index contributed by atoms with van der Waals surface area (Å²) in [5.41, 5.74) is 0.830. The van der Waals surface area contributed by atoms with E-state index >= 15 is 0 Å². The van der Waals surface area contributed by atoms with E-state index in [9.17, 15) is 9.90 Å². The minimum absolute atomic E-state index is 0.207. The van der Waals surface area contributed by atoms with Crippen LogP contribution in [0.3, 0.4) is 0 Å². The molecule has 0 saturated heterocycles. The number of halogens is 1. The van der Waals surface area contributed by atoms with E-state index in [1.807, 2.05) is 12.1 Å². The number of fused-ring (bicyclic) bond motifs is 2. The lowest BCUT2D eigenvalue weighted by Gasteiger charge is -2.27. The van der Waals surface area contributed by atoms with Crippen LogP contribution in [0, 0.1) is 17.8 Å². The molecule has 1 aromatic carbocycles. The number of rotatable bonds is 3. The molecule has 25 heavy (non-hydrogen) atoms. The maximum atomic E-state index is 12.3. The molecule has 4 atom stereocenters. The largest absolute Gasteiger partial charge is 0.385 e. The van der Waals surface area contributed by atoms with Gasteiger partial charge in [0.15, 0.2) is 0 Å². The molecule has 0 bridgehead atoms. The van der Waals surface area contributed by atoms with Gasteiger partial charge in [-0.1, -0.05) is 24.4 Å². The standard InChI is InChI=1S/C19H22ClN3O2/c20-11-5-15(14-9-21-23-16(14)6-11)19(25)7-12-13(8-19)17(12)22-18(24)10-3-1-2-4-10/h5-6,9-10,12-13,17,25H,1-4,7-8H2,(H,21,23)(H,22,24)/t12-,13+,17+,19-. The summed E-state index contributed by atoms with van der Waals surface area (Å²) in [6.45, 7) is 0. The molecule has 0 unspecified atom stereocenters. The molecule has 0 spiro atoms. The van der Waals surface area contributed by atoms with Crippen molar-refractivity contribution in [1.82, 2.24) is 15.5 Å². The minimum Gasteiger partial charge on any atom is -0.385 e. The molecular weight excluding hydrogens is 338 g/mol. The molecule has 0 radical (unpaired) electrons. The Hall–Kier alpha value is -1.59. The first-order valence-electron chi connectivity index (χ1n) is 9.21. The van der Waals surface area contributed by atoms with Gasteiger partial charge in [-0.3, -0.25) is 9.89 Å². The number of carbonyl (C=O) groups excluding carboxylic acids is 1. The van der Waals surface area contributed by atoms with Crippen molar-refractivity contribution in [1.29, 1.82) is 0 Å². The molecule has 0 aliphatic heterocycles. The number of hydrogen-bond donors (Lipinski definition) is 3. The van der Waals surface area contributed by atoms with Crippen molar-refractivity contribution in [2.45, 2.75) is 50.2 Å². The number of aromatic nitrogens is 2. The molecule has 1 aromatic heterocycles. The van der Waals surface area contributed by atoms with Crippen LogP contribution < -0.4 is 5.32 Å². The fourth-order valence-corrected chi connectivity index (χ4v) is 5.39. The van der Waals surface area contributed by atoms with Crippen LogP contribution in [0.5, 0.6) is 0 Å². The van der Waals surface area contributed by atoms with Crippen molar-refractivity contribution in [2.24, 2.45) is 17.8 Å². The summed E-state index contributed by atoms with van der Waals surface area (Å²) in [6.07, 6.45) is 7.50. The summed E-state index contributed by atoms with van der Waals surface area (Å²) >= 11 is 6.22. The Morgan fingerprint density at radius 1 is 1.28 bits per heavy atom. The quantitative estimate of drug-likeness (QED) is 0.787. The summed E-state index contributed by atoms with van der Waals surface area (Å²) in [7, 11) is 0. The zero-order valence-corrected chi connectivity index (χ0v) is 14.7. The Morgan fingerprint density at radius 3 is 2.72 bits per heavy atom. The maximum Gasteiger partial charge on any atom is 0.223 e. The van der Waals surface area contributed by atoms with E-state index in [4.69, 9.17) is 11.6 Å². The van der Waals surface area contributed by atoms with Gasteiger partial charge in [-0.25, -0.2) is 0 Å². The van der Waals surface area contributed by atoms with Crippen molar-refractivity contribution in [2.75, 3.05) is 0 Å². The summed E-state index contributed by atoms with van der Waals surface area (Å²) < 4.78 is 0. The minimum atomic E-state index is -0.878. The van der Waals surface area contributed by atoms with Crippen LogP contribution in [0.1, 0.15) is 44.1 Å². The van der Waals surface area contributed by atoms with Gasteiger partial charge in [0.2, 0.25) is 5.91 Å². The van der Waals surface area contributed by atoms with E-state index in [0.717, 1.165) is 29.3 Å². The number of hydrogen-bond acceptors (Lipinski definition) is 3. The molecule has 1 heterocycles. The highest BCUT2D eigenvalue weighted by molar-refractivity contribution is 6.31. The Kier molecular flexibility index (Phi) is 3.41. The summed E-state index contributed by atoms with van der Waals surface area (Å²) in [4.78, 5) is 12.3. The van der Waals surface area contributed by atoms with E-state index in [1.165, 1.54) is 12.8 Å². The lowest BCUT2D eigenvalue weighted by molar-refractivity contribution is -0.125. The van der Waals surface area contributed by atoms with E-state index in [2.05, 4.69) is 15.5 Å². The number of carbonyl (C=O) groups is 1. The molecule has 3 saturated carbocycles. The lowest BCUT2D eigenvalue weighted by Crippen LogP contribution is -2.36. The van der Waals surface area contributed by atoms with Gasteiger partial charge in [-0.2, -0.15) is 5.10 Å². The fourth-order valence-electron chi connectivity index (χ4n) is 5.17. The number of nitrogens with zero attached hydrogens (tertiary/aromatic N) is 1. The number of H-pyrrole nitrogens is 1. The highest BCUT2D eigenvalue weighted by atomic mass is 35.5. The van der Waals surface area contributed by atoms with Gasteiger partial charge in [0.05, 0.1) is 17.3 Å². The van der Waals surface area contributed by atoms with Crippen molar-refractivity contribution >= 4 is 28.4 Å². The van der Waals surface area contributed by atoms with Gasteiger partial charge < -0.3 is 10.4 Å². The SMILES string of the molecule is O=C(N[C@H]1[C@@H]2C[C@](O)(c3cc(Cl)cc4[nH]ncc34)C[C@@H]21)C1CCCC1. The molecule has 2 aromatic rings. The smallest absolute Gasteiger partial charge is 0.223 e. The molecule has 1 amide bonds. The molecule has 3 fully saturated rings. The van der Waals surface area contributed by atoms with E-state index in [0.29, 0.717) is 29.7 Å². The van der Waals surface area contributed by atoms with Crippen LogP contribution >= 0.6 is 11.6 Å². The van der Waals surface area contributed by atoms with Gasteiger partial charge in [0.1, 0.15) is 0 Å². The van der Waals surface area contributed by atoms with Gasteiger partial charge >= 0.3 is 0 Å². The van der Waals surface area contributed by atoms with Crippen molar-refractivity contribution in [3.63, 3.8) is 0 Å². The summed E-state index contributed by atoms with van der Waals surface area (Å²) in [6, 6.07) is 3.93. The monoisotopic (exact) mass is 359 g/mol. The van der Waals surface area contributed by atoms with Crippen molar-refractivity contribution in [3.8, 4) is 0 Å². The van der Waals surface area contributed by atoms with Gasteiger partial charge in [-0.15, -0.1) is 0 Å². The van der Waals surface area contributed by atoms with Crippen LogP contribution in [0.4, 0.5) is 0 Å². The second kappa shape index (κ2) is 5.45. The normalized spacial score (nSPS) is 34.4. The Labute approximate surface area is 151 Å². The Bertz CT molecular complexity index is 830. The van der Waals surface area contributed by atoms with Crippen LogP contribution in [0.25, 0.3) is 10.9 Å². The van der Waals surface area contributed by atoms with Crippen LogP contribution in [-0.2, 0) is 10.4 Å². The van der Waals surface area contributed by atoms with Crippen LogP contribution in [-0.4, -0.2) is 27.3 Å². The third-order valence-corrected chi connectivity index (χ3v) is 6.76. The highest BCUT2D eigenvalue weighted by Gasteiger charge is 2.62. The summed E-state index contributed by atoms with van der Waals surface area (Å²) in [5, 5.41) is 23.0. The van der Waals surface area contributed by atoms with Crippen LogP contribution in [0.2, 0.25) is 5.02 Å². The Morgan fingerprint density at radius 2 is 2.00 bits per heavy atom. The van der Waals surface area contributed by atoms with Gasteiger partial charge in [0, 0.05) is 22.4 Å². The highest BCUT2D eigenvalue weighted by Crippen LogP contribution is 2.60. The average Bonchev–Trinajstić information content (AvgIpc) is 3.12. The molecular formula is C19H22ClN3O2. The van der Waals surface area contributed by atoms with E-state index in [-0.39, 0.29) is 17.9 Å². The van der Waals surface area contributed by atoms with E-state index < -0.39 is 5.60 Å². The number of aromatic amines is 1. The van der Waals surface area contributed by atoms with E-state index in [1.54, 1.807) is 6.20 Å². The van der Waals surface area contributed by atoms with Crippen molar-refractivity contribution in [3.05, 3.63) is 28.9 Å². The van der Waals surface area contributed by atoms with Gasteiger partial charge in [0.25, 0.3) is 0 Å². The first kappa shape index (κ1) is 15.6. The number of aliphatic hydroxyl groups is 1. The third kappa shape index (κ3) is 2.48. The first-order valence-corrected chi connectivity index (χ1v) is 9.59. The number of nitrogens with one attached hydrogen (secondary N) is 2. The van der Waals surface area contributed by atoms with Crippen LogP contribution in [0.15, 0.2) is 18.3 Å².